The van der Waals surface area contributed by atoms with Gasteiger partial charge in [-0.05, 0) is 44.0 Å². The largest absolute Gasteiger partial charge is 0.494 e. The van der Waals surface area contributed by atoms with Crippen LogP contribution in [0.5, 0.6) is 5.75 Å². The molecule has 1 N–H and O–H groups in total. The van der Waals surface area contributed by atoms with Gasteiger partial charge in [0.25, 0.3) is 5.56 Å². The maximum atomic E-state index is 12.4. The van der Waals surface area contributed by atoms with E-state index in [2.05, 4.69) is 0 Å². The SMILES string of the molecule is CCOc1cccc(-c2ccc(C(=O)O)c(=O)n2C2CC2)c1. The fraction of sp³-hybridized carbons (Fsp3) is 0.294. The minimum absolute atomic E-state index is 0.0950. The van der Waals surface area contributed by atoms with E-state index in [1.165, 1.54) is 6.07 Å². The summed E-state index contributed by atoms with van der Waals surface area (Å²) < 4.78 is 7.10. The van der Waals surface area contributed by atoms with Gasteiger partial charge in [-0.15, -0.1) is 0 Å². The Labute approximate surface area is 127 Å². The number of hydrogen-bond acceptors (Lipinski definition) is 3. The van der Waals surface area contributed by atoms with Gasteiger partial charge in [-0.3, -0.25) is 4.79 Å². The summed E-state index contributed by atoms with van der Waals surface area (Å²) in [5, 5.41) is 9.13. The smallest absolute Gasteiger partial charge is 0.341 e. The van der Waals surface area contributed by atoms with Crippen molar-refractivity contribution in [3.05, 3.63) is 52.3 Å². The van der Waals surface area contributed by atoms with Crippen LogP contribution >= 0.6 is 0 Å². The van der Waals surface area contributed by atoms with Crippen molar-refractivity contribution in [1.29, 1.82) is 0 Å². The summed E-state index contributed by atoms with van der Waals surface area (Å²) in [6.07, 6.45) is 1.81. The van der Waals surface area contributed by atoms with E-state index in [0.717, 1.165) is 29.8 Å². The summed E-state index contributed by atoms with van der Waals surface area (Å²) in [4.78, 5) is 23.6. The zero-order valence-corrected chi connectivity index (χ0v) is 12.3. The Morgan fingerprint density at radius 2 is 2.09 bits per heavy atom. The van der Waals surface area contributed by atoms with Crippen LogP contribution in [-0.4, -0.2) is 22.2 Å². The Kier molecular flexibility index (Phi) is 3.71. The summed E-state index contributed by atoms with van der Waals surface area (Å²) in [5.74, 6) is -0.453. The van der Waals surface area contributed by atoms with Crippen LogP contribution < -0.4 is 10.3 Å². The minimum atomic E-state index is -1.19. The lowest BCUT2D eigenvalue weighted by Gasteiger charge is -2.14. The van der Waals surface area contributed by atoms with Crippen molar-refractivity contribution in [3.63, 3.8) is 0 Å². The number of aromatic carboxylic acids is 1. The van der Waals surface area contributed by atoms with E-state index in [1.807, 2.05) is 31.2 Å². The molecule has 5 heteroatoms. The molecule has 0 spiro atoms. The van der Waals surface area contributed by atoms with Gasteiger partial charge < -0.3 is 14.4 Å². The van der Waals surface area contributed by atoms with Gasteiger partial charge in [-0.2, -0.15) is 0 Å². The van der Waals surface area contributed by atoms with E-state index < -0.39 is 11.5 Å². The first-order valence-electron chi connectivity index (χ1n) is 7.34. The van der Waals surface area contributed by atoms with E-state index in [1.54, 1.807) is 10.6 Å². The van der Waals surface area contributed by atoms with E-state index in [-0.39, 0.29) is 11.6 Å². The number of aromatic nitrogens is 1. The quantitative estimate of drug-likeness (QED) is 0.921. The number of rotatable bonds is 5. The molecular formula is C17H17NO4. The van der Waals surface area contributed by atoms with Gasteiger partial charge >= 0.3 is 5.97 Å². The van der Waals surface area contributed by atoms with Gasteiger partial charge in [0, 0.05) is 11.6 Å². The minimum Gasteiger partial charge on any atom is -0.494 e. The first kappa shape index (κ1) is 14.4. The monoisotopic (exact) mass is 299 g/mol. The molecule has 114 valence electrons. The summed E-state index contributed by atoms with van der Waals surface area (Å²) in [5.41, 5.74) is 0.969. The highest BCUT2D eigenvalue weighted by Crippen LogP contribution is 2.37. The Balaban J connectivity index is 2.15. The first-order chi connectivity index (χ1) is 10.6. The number of hydrogen-bond donors (Lipinski definition) is 1. The average Bonchev–Trinajstić information content (AvgIpc) is 3.31. The molecule has 1 aromatic heterocycles. The lowest BCUT2D eigenvalue weighted by atomic mass is 10.1. The molecule has 22 heavy (non-hydrogen) atoms. The Bertz CT molecular complexity index is 774. The summed E-state index contributed by atoms with van der Waals surface area (Å²) in [6, 6.07) is 10.7. The topological polar surface area (TPSA) is 68.5 Å². The molecule has 1 aromatic carbocycles. The predicted octanol–water partition coefficient (Wildman–Crippen LogP) is 2.95. The van der Waals surface area contributed by atoms with E-state index in [9.17, 15) is 9.59 Å². The molecule has 1 aliphatic rings. The molecule has 3 rings (SSSR count). The van der Waals surface area contributed by atoms with Crippen LogP contribution in [0.1, 0.15) is 36.2 Å². The Morgan fingerprint density at radius 3 is 2.73 bits per heavy atom. The Hall–Kier alpha value is -2.56. The fourth-order valence-corrected chi connectivity index (χ4v) is 2.56. The number of ether oxygens (including phenoxy) is 1. The molecule has 1 heterocycles. The van der Waals surface area contributed by atoms with Crippen molar-refractivity contribution in [3.8, 4) is 17.0 Å². The van der Waals surface area contributed by atoms with E-state index >= 15 is 0 Å². The molecular weight excluding hydrogens is 282 g/mol. The average molecular weight is 299 g/mol. The van der Waals surface area contributed by atoms with Gasteiger partial charge in [0.15, 0.2) is 0 Å². The molecule has 0 bridgehead atoms. The first-order valence-corrected chi connectivity index (χ1v) is 7.34. The molecule has 1 aliphatic carbocycles. The standard InChI is InChI=1S/C17H17NO4/c1-2-22-13-5-3-4-11(10-13)15-9-8-14(17(20)21)16(19)18(15)12-6-7-12/h3-5,8-10,12H,2,6-7H2,1H3,(H,20,21). The van der Waals surface area contributed by atoms with Gasteiger partial charge in [-0.25, -0.2) is 4.79 Å². The highest BCUT2D eigenvalue weighted by atomic mass is 16.5. The number of carboxylic acid groups (broad SMARTS) is 1. The van der Waals surface area contributed by atoms with Gasteiger partial charge in [0.05, 0.1) is 12.3 Å². The maximum Gasteiger partial charge on any atom is 0.341 e. The zero-order valence-electron chi connectivity index (χ0n) is 12.3. The Morgan fingerprint density at radius 1 is 1.32 bits per heavy atom. The van der Waals surface area contributed by atoms with Crippen LogP contribution in [0, 0.1) is 0 Å². The second-order valence-corrected chi connectivity index (χ2v) is 5.30. The normalized spacial score (nSPS) is 13.9. The second kappa shape index (κ2) is 5.67. The van der Waals surface area contributed by atoms with Crippen LogP contribution in [0.3, 0.4) is 0 Å². The molecule has 1 fully saturated rings. The lowest BCUT2D eigenvalue weighted by Crippen LogP contribution is -2.26. The molecule has 0 amide bonds. The molecule has 1 saturated carbocycles. The zero-order chi connectivity index (χ0) is 15.7. The van der Waals surface area contributed by atoms with Crippen LogP contribution in [-0.2, 0) is 0 Å². The number of pyridine rings is 1. The molecule has 0 radical (unpaired) electrons. The molecule has 0 atom stereocenters. The van der Waals surface area contributed by atoms with E-state index in [4.69, 9.17) is 9.84 Å². The highest BCUT2D eigenvalue weighted by Gasteiger charge is 2.29. The molecule has 5 nitrogen and oxygen atoms in total. The number of benzene rings is 1. The van der Waals surface area contributed by atoms with Crippen molar-refractivity contribution in [2.24, 2.45) is 0 Å². The summed E-state index contributed by atoms with van der Waals surface area (Å²) in [6.45, 7) is 2.48. The van der Waals surface area contributed by atoms with Crippen molar-refractivity contribution < 1.29 is 14.6 Å². The number of nitrogens with zero attached hydrogens (tertiary/aromatic N) is 1. The van der Waals surface area contributed by atoms with Crippen molar-refractivity contribution in [1.82, 2.24) is 4.57 Å². The maximum absolute atomic E-state index is 12.4. The third kappa shape index (κ3) is 2.62. The second-order valence-electron chi connectivity index (χ2n) is 5.30. The van der Waals surface area contributed by atoms with Crippen LogP contribution in [0.4, 0.5) is 0 Å². The van der Waals surface area contributed by atoms with Gasteiger partial charge in [0.1, 0.15) is 11.3 Å². The third-order valence-corrected chi connectivity index (χ3v) is 3.70. The fourth-order valence-electron chi connectivity index (χ4n) is 2.56. The van der Waals surface area contributed by atoms with Crippen LogP contribution in [0.15, 0.2) is 41.2 Å². The number of carboxylic acids is 1. The lowest BCUT2D eigenvalue weighted by molar-refractivity contribution is 0.0694. The highest BCUT2D eigenvalue weighted by molar-refractivity contribution is 5.87. The van der Waals surface area contributed by atoms with E-state index in [0.29, 0.717) is 6.61 Å². The molecule has 0 aliphatic heterocycles. The molecule has 2 aromatic rings. The van der Waals surface area contributed by atoms with Crippen molar-refractivity contribution >= 4 is 5.97 Å². The van der Waals surface area contributed by atoms with Gasteiger partial charge in [0.2, 0.25) is 0 Å². The molecule has 0 saturated heterocycles. The summed E-state index contributed by atoms with van der Waals surface area (Å²) >= 11 is 0. The van der Waals surface area contributed by atoms with Crippen LogP contribution in [0.2, 0.25) is 0 Å². The number of carbonyl (C=O) groups is 1. The third-order valence-electron chi connectivity index (χ3n) is 3.70. The van der Waals surface area contributed by atoms with Crippen LogP contribution in [0.25, 0.3) is 11.3 Å². The summed E-state index contributed by atoms with van der Waals surface area (Å²) in [7, 11) is 0. The molecule has 0 unspecified atom stereocenters. The van der Waals surface area contributed by atoms with Crippen molar-refractivity contribution in [2.45, 2.75) is 25.8 Å². The predicted molar refractivity (Wildman–Crippen MR) is 82.5 cm³/mol. The van der Waals surface area contributed by atoms with Crippen molar-refractivity contribution in [2.75, 3.05) is 6.61 Å². The van der Waals surface area contributed by atoms with Gasteiger partial charge in [-0.1, -0.05) is 12.1 Å².